The zero-order valence-electron chi connectivity index (χ0n) is 13.8. The number of hydrogen-bond donors (Lipinski definition) is 0. The van der Waals surface area contributed by atoms with Gasteiger partial charge in [0.25, 0.3) is 0 Å². The summed E-state index contributed by atoms with van der Waals surface area (Å²) in [7, 11) is -1.68. The average Bonchev–Trinajstić information content (AvgIpc) is 2.10. The zero-order valence-corrected chi connectivity index (χ0v) is 14.8. The highest BCUT2D eigenvalue weighted by atomic mass is 28.4. The van der Waals surface area contributed by atoms with Gasteiger partial charge in [-0.05, 0) is 38.9 Å². The molecule has 1 aliphatic carbocycles. The van der Waals surface area contributed by atoms with E-state index in [9.17, 15) is 4.79 Å². The molecular weight excluding hydrogens is 256 g/mol. The standard InChI is InChI=1S/C15H30O3Si/c1-14(2,3)13(16)17-11-9-12(10-11)18-19(7,8)15(4,5)6/h11-12H,9-10H2,1-8H3. The third kappa shape index (κ3) is 4.31. The molecule has 0 bridgehead atoms. The first-order valence-electron chi connectivity index (χ1n) is 7.22. The second-order valence-electron chi connectivity index (χ2n) is 8.25. The van der Waals surface area contributed by atoms with E-state index in [2.05, 4.69) is 33.9 Å². The Morgan fingerprint density at radius 3 is 1.84 bits per heavy atom. The van der Waals surface area contributed by atoms with Gasteiger partial charge in [0, 0.05) is 12.8 Å². The summed E-state index contributed by atoms with van der Waals surface area (Å²) in [4.78, 5) is 11.8. The predicted octanol–water partition coefficient (Wildman–Crippen LogP) is 4.13. The molecule has 1 rings (SSSR count). The van der Waals surface area contributed by atoms with Gasteiger partial charge < -0.3 is 9.16 Å². The van der Waals surface area contributed by atoms with Crippen LogP contribution < -0.4 is 0 Å². The van der Waals surface area contributed by atoms with Crippen LogP contribution in [-0.2, 0) is 14.0 Å². The number of ether oxygens (including phenoxy) is 1. The summed E-state index contributed by atoms with van der Waals surface area (Å²) in [6.07, 6.45) is 2.04. The predicted molar refractivity (Wildman–Crippen MR) is 80.6 cm³/mol. The van der Waals surface area contributed by atoms with E-state index >= 15 is 0 Å². The highest BCUT2D eigenvalue weighted by molar-refractivity contribution is 6.74. The lowest BCUT2D eigenvalue weighted by Gasteiger charge is -2.44. The Labute approximate surface area is 119 Å². The van der Waals surface area contributed by atoms with Crippen LogP contribution >= 0.6 is 0 Å². The molecule has 19 heavy (non-hydrogen) atoms. The summed E-state index contributed by atoms with van der Waals surface area (Å²) < 4.78 is 11.8. The van der Waals surface area contributed by atoms with Crippen molar-refractivity contribution < 1.29 is 14.0 Å². The van der Waals surface area contributed by atoms with E-state index in [1.165, 1.54) is 0 Å². The van der Waals surface area contributed by atoms with Crippen molar-refractivity contribution in [2.75, 3.05) is 0 Å². The number of esters is 1. The Balaban J connectivity index is 2.38. The molecule has 1 saturated carbocycles. The van der Waals surface area contributed by atoms with Crippen molar-refractivity contribution in [1.82, 2.24) is 0 Å². The van der Waals surface area contributed by atoms with Gasteiger partial charge >= 0.3 is 5.97 Å². The first-order valence-corrected chi connectivity index (χ1v) is 10.1. The molecule has 0 radical (unpaired) electrons. The van der Waals surface area contributed by atoms with E-state index in [-0.39, 0.29) is 23.2 Å². The molecule has 4 heteroatoms. The minimum absolute atomic E-state index is 0.0569. The molecule has 1 aliphatic rings. The third-order valence-corrected chi connectivity index (χ3v) is 8.74. The van der Waals surface area contributed by atoms with Crippen LogP contribution in [0, 0.1) is 5.41 Å². The van der Waals surface area contributed by atoms with Gasteiger partial charge in [0.15, 0.2) is 8.32 Å². The summed E-state index contributed by atoms with van der Waals surface area (Å²) in [6.45, 7) is 16.9. The fourth-order valence-electron chi connectivity index (χ4n) is 1.63. The second-order valence-corrected chi connectivity index (χ2v) is 13.0. The van der Waals surface area contributed by atoms with Gasteiger partial charge in [-0.1, -0.05) is 20.8 Å². The Morgan fingerprint density at radius 2 is 1.47 bits per heavy atom. The molecule has 1 fully saturated rings. The minimum atomic E-state index is -1.68. The van der Waals surface area contributed by atoms with Crippen molar-refractivity contribution >= 4 is 14.3 Å². The maximum atomic E-state index is 11.8. The van der Waals surface area contributed by atoms with Crippen LogP contribution in [0.1, 0.15) is 54.4 Å². The number of hydrogen-bond acceptors (Lipinski definition) is 3. The molecule has 0 atom stereocenters. The largest absolute Gasteiger partial charge is 0.462 e. The summed E-state index contributed by atoms with van der Waals surface area (Å²) >= 11 is 0. The van der Waals surface area contributed by atoms with Crippen molar-refractivity contribution in [1.29, 1.82) is 0 Å². The Hall–Kier alpha value is -0.353. The van der Waals surface area contributed by atoms with Gasteiger partial charge in [-0.15, -0.1) is 0 Å². The maximum absolute atomic E-state index is 11.8. The first kappa shape index (κ1) is 16.7. The summed E-state index contributed by atoms with van der Waals surface area (Å²) in [5.41, 5.74) is -0.411. The lowest BCUT2D eigenvalue weighted by Crippen LogP contribution is -2.50. The second kappa shape index (κ2) is 5.21. The molecule has 0 amide bonds. The number of carbonyl (C=O) groups is 1. The van der Waals surface area contributed by atoms with Crippen molar-refractivity contribution in [2.24, 2.45) is 5.41 Å². The number of rotatable bonds is 3. The van der Waals surface area contributed by atoms with Gasteiger partial charge in [0.05, 0.1) is 11.5 Å². The van der Waals surface area contributed by atoms with Crippen LogP contribution in [0.5, 0.6) is 0 Å². The zero-order chi connectivity index (χ0) is 15.1. The Bertz CT molecular complexity index is 330. The van der Waals surface area contributed by atoms with Gasteiger partial charge in [0.2, 0.25) is 0 Å². The fraction of sp³-hybridized carbons (Fsp3) is 0.933. The highest BCUT2D eigenvalue weighted by Crippen LogP contribution is 2.40. The van der Waals surface area contributed by atoms with Crippen LogP contribution in [0.15, 0.2) is 0 Å². The van der Waals surface area contributed by atoms with E-state index < -0.39 is 13.7 Å². The Kier molecular flexibility index (Phi) is 4.58. The summed E-state index contributed by atoms with van der Waals surface area (Å²) in [5, 5.41) is 0.236. The molecule has 0 unspecified atom stereocenters. The molecule has 0 heterocycles. The molecular formula is C15H30O3Si. The maximum Gasteiger partial charge on any atom is 0.311 e. The lowest BCUT2D eigenvalue weighted by molar-refractivity contribution is -0.167. The van der Waals surface area contributed by atoms with Crippen LogP contribution in [0.3, 0.4) is 0 Å². The molecule has 0 aromatic carbocycles. The fourth-order valence-corrected chi connectivity index (χ4v) is 3.01. The Morgan fingerprint density at radius 1 is 1.00 bits per heavy atom. The molecule has 0 aromatic rings. The molecule has 0 saturated heterocycles. The summed E-state index contributed by atoms with van der Waals surface area (Å²) in [6, 6.07) is 0. The van der Waals surface area contributed by atoms with E-state index in [1.54, 1.807) is 0 Å². The van der Waals surface area contributed by atoms with Crippen molar-refractivity contribution in [3.63, 3.8) is 0 Å². The normalized spacial score (nSPS) is 24.8. The van der Waals surface area contributed by atoms with Gasteiger partial charge in [-0.2, -0.15) is 0 Å². The van der Waals surface area contributed by atoms with E-state index in [1.807, 2.05) is 20.8 Å². The van der Waals surface area contributed by atoms with Gasteiger partial charge in [0.1, 0.15) is 6.10 Å². The number of carbonyl (C=O) groups excluding carboxylic acids is 1. The highest BCUT2D eigenvalue weighted by Gasteiger charge is 2.43. The van der Waals surface area contributed by atoms with Crippen LogP contribution in [0.2, 0.25) is 18.1 Å². The SMILES string of the molecule is CC(C)(C)C(=O)OC1CC(O[Si](C)(C)C(C)(C)C)C1. The topological polar surface area (TPSA) is 35.5 Å². The molecule has 0 N–H and O–H groups in total. The molecule has 0 aliphatic heterocycles. The summed E-state index contributed by atoms with van der Waals surface area (Å²) in [5.74, 6) is -0.108. The van der Waals surface area contributed by atoms with Crippen molar-refractivity contribution in [3.05, 3.63) is 0 Å². The molecule has 0 aromatic heterocycles. The van der Waals surface area contributed by atoms with Gasteiger partial charge in [-0.25, -0.2) is 0 Å². The monoisotopic (exact) mass is 286 g/mol. The smallest absolute Gasteiger partial charge is 0.311 e. The lowest BCUT2D eigenvalue weighted by atomic mass is 9.91. The van der Waals surface area contributed by atoms with Crippen LogP contribution in [-0.4, -0.2) is 26.5 Å². The molecule has 112 valence electrons. The molecule has 0 spiro atoms. The van der Waals surface area contributed by atoms with E-state index in [4.69, 9.17) is 9.16 Å². The van der Waals surface area contributed by atoms with Crippen molar-refractivity contribution in [3.8, 4) is 0 Å². The van der Waals surface area contributed by atoms with Crippen LogP contribution in [0.25, 0.3) is 0 Å². The van der Waals surface area contributed by atoms with Gasteiger partial charge in [-0.3, -0.25) is 4.79 Å². The van der Waals surface area contributed by atoms with Crippen LogP contribution in [0.4, 0.5) is 0 Å². The average molecular weight is 286 g/mol. The molecule has 3 nitrogen and oxygen atoms in total. The van der Waals surface area contributed by atoms with E-state index in [0.717, 1.165) is 12.8 Å². The first-order chi connectivity index (χ1) is 8.33. The third-order valence-electron chi connectivity index (χ3n) is 4.21. The quantitative estimate of drug-likeness (QED) is 0.578. The van der Waals surface area contributed by atoms with E-state index in [0.29, 0.717) is 0 Å². The minimum Gasteiger partial charge on any atom is -0.462 e. The van der Waals surface area contributed by atoms with Crippen molar-refractivity contribution in [2.45, 2.75) is 84.7 Å².